The molecule has 0 radical (unpaired) electrons. The fraction of sp³-hybridized carbons (Fsp3) is 0.333. The summed E-state index contributed by atoms with van der Waals surface area (Å²) in [6.45, 7) is 3.26. The zero-order chi connectivity index (χ0) is 25.9. The van der Waals surface area contributed by atoms with Crippen LogP contribution in [-0.4, -0.2) is 62.8 Å². The molecule has 0 unspecified atom stereocenters. The van der Waals surface area contributed by atoms with E-state index in [4.69, 9.17) is 25.6 Å². The van der Waals surface area contributed by atoms with Crippen LogP contribution in [0.5, 0.6) is 5.88 Å². The van der Waals surface area contributed by atoms with Crippen LogP contribution in [0.15, 0.2) is 47.4 Å². The van der Waals surface area contributed by atoms with Crippen molar-refractivity contribution in [3.8, 4) is 17.4 Å². The first-order valence-electron chi connectivity index (χ1n) is 10.6. The average molecular weight is 535 g/mol. The average Bonchev–Trinajstić information content (AvgIpc) is 3.55. The van der Waals surface area contributed by atoms with Gasteiger partial charge in [0.25, 0.3) is 0 Å². The van der Waals surface area contributed by atoms with Crippen LogP contribution in [0, 0.1) is 0 Å². The molecule has 36 heavy (non-hydrogen) atoms. The van der Waals surface area contributed by atoms with Gasteiger partial charge in [-0.2, -0.15) is 0 Å². The van der Waals surface area contributed by atoms with E-state index in [2.05, 4.69) is 35.0 Å². The third kappa shape index (κ3) is 5.15. The van der Waals surface area contributed by atoms with E-state index in [-0.39, 0.29) is 17.6 Å². The number of anilines is 1. The van der Waals surface area contributed by atoms with Crippen molar-refractivity contribution in [3.05, 3.63) is 59.5 Å². The number of hydrogen-bond acceptors (Lipinski definition) is 11. The summed E-state index contributed by atoms with van der Waals surface area (Å²) in [5.74, 6) is 1.20. The highest BCUT2D eigenvalue weighted by atomic mass is 35.5. The molecule has 0 aromatic carbocycles. The summed E-state index contributed by atoms with van der Waals surface area (Å²) in [6.07, 6.45) is 3.24. The second kappa shape index (κ2) is 10.6. The first kappa shape index (κ1) is 25.5. The zero-order valence-corrected chi connectivity index (χ0v) is 21.3. The van der Waals surface area contributed by atoms with Gasteiger partial charge in [-0.1, -0.05) is 22.8 Å². The number of methoxy groups -OCH3 is 2. The number of pyridine rings is 1. The molecule has 4 heterocycles. The van der Waals surface area contributed by atoms with Crippen molar-refractivity contribution in [1.82, 2.24) is 34.9 Å². The minimum absolute atomic E-state index is 0.0581. The Morgan fingerprint density at radius 2 is 1.86 bits per heavy atom. The zero-order valence-electron chi connectivity index (χ0n) is 19.7. The Balaban J connectivity index is 1.73. The van der Waals surface area contributed by atoms with Crippen LogP contribution < -0.4 is 9.46 Å². The quantitative estimate of drug-likeness (QED) is 0.318. The van der Waals surface area contributed by atoms with Gasteiger partial charge in [0.15, 0.2) is 17.4 Å². The van der Waals surface area contributed by atoms with Gasteiger partial charge in [-0.15, -0.1) is 10.2 Å². The molecule has 15 heteroatoms. The van der Waals surface area contributed by atoms with Gasteiger partial charge in [-0.05, 0) is 19.9 Å². The lowest BCUT2D eigenvalue weighted by Crippen LogP contribution is -2.33. The second-order valence-corrected chi connectivity index (χ2v) is 10.1. The molecule has 0 saturated heterocycles. The van der Waals surface area contributed by atoms with Crippen molar-refractivity contribution in [2.75, 3.05) is 18.9 Å². The highest BCUT2D eigenvalue weighted by molar-refractivity contribution is 7.93. The number of nitrogens with one attached hydrogen (secondary N) is 1. The van der Waals surface area contributed by atoms with Gasteiger partial charge < -0.3 is 14.0 Å². The van der Waals surface area contributed by atoms with E-state index in [9.17, 15) is 8.42 Å². The van der Waals surface area contributed by atoms with Crippen LogP contribution >= 0.6 is 11.6 Å². The topological polar surface area (TPSA) is 160 Å². The Hall–Kier alpha value is -3.62. The predicted octanol–water partition coefficient (Wildman–Crippen LogP) is 2.91. The first-order valence-corrected chi connectivity index (χ1v) is 12.6. The summed E-state index contributed by atoms with van der Waals surface area (Å²) in [4.78, 5) is 12.6. The van der Waals surface area contributed by atoms with Crippen LogP contribution in [0.4, 0.5) is 5.95 Å². The van der Waals surface area contributed by atoms with Gasteiger partial charge >= 0.3 is 0 Å². The lowest BCUT2D eigenvalue weighted by Gasteiger charge is -2.23. The number of halogens is 1. The highest BCUT2D eigenvalue weighted by Gasteiger charge is 2.35. The normalized spacial score (nSPS) is 14.2. The number of sulfonamides is 1. The summed E-state index contributed by atoms with van der Waals surface area (Å²) < 4.78 is 46.9. The molecule has 4 aromatic rings. The number of hydrogen-bond donors (Lipinski definition) is 1. The maximum atomic E-state index is 13.4. The molecule has 13 nitrogen and oxygen atoms in total. The van der Waals surface area contributed by atoms with E-state index in [1.54, 1.807) is 35.8 Å². The first-order chi connectivity index (χ1) is 17.2. The summed E-state index contributed by atoms with van der Waals surface area (Å²) in [5, 5.41) is 11.3. The Labute approximate surface area is 211 Å². The lowest BCUT2D eigenvalue weighted by atomic mass is 10.2. The molecule has 1 N–H and O–H groups in total. The molecule has 0 aliphatic carbocycles. The van der Waals surface area contributed by atoms with E-state index >= 15 is 0 Å². The largest absolute Gasteiger partial charge is 0.481 e. The van der Waals surface area contributed by atoms with Crippen LogP contribution in [0.1, 0.15) is 37.6 Å². The minimum Gasteiger partial charge on any atom is -0.481 e. The predicted molar refractivity (Wildman–Crippen MR) is 129 cm³/mol. The standard InChI is InChI=1S/C21H23ClN8O5S/c1-12(16-8-9-25-35-16)30-20(15-6-5-7-17(26-15)33-3)27-28-21(30)29-36(31,32)13(2)18(34-4)19-23-10-14(22)11-24-19/h5-13,18H,1-4H3,(H,28,29)/t12-,13-,18-/m0/s1. The van der Waals surface area contributed by atoms with Crippen LogP contribution in [0.2, 0.25) is 5.02 Å². The van der Waals surface area contributed by atoms with Crippen molar-refractivity contribution >= 4 is 27.6 Å². The smallest absolute Gasteiger partial charge is 0.240 e. The van der Waals surface area contributed by atoms with Crippen molar-refractivity contribution in [2.24, 2.45) is 0 Å². The Morgan fingerprint density at radius 3 is 2.50 bits per heavy atom. The number of ether oxygens (including phenoxy) is 2. The molecule has 0 aliphatic heterocycles. The molecular weight excluding hydrogens is 512 g/mol. The molecule has 0 amide bonds. The van der Waals surface area contributed by atoms with Crippen molar-refractivity contribution in [2.45, 2.75) is 31.2 Å². The van der Waals surface area contributed by atoms with E-state index < -0.39 is 27.4 Å². The second-order valence-electron chi connectivity index (χ2n) is 7.64. The maximum Gasteiger partial charge on any atom is 0.240 e. The monoisotopic (exact) mass is 534 g/mol. The number of nitrogens with zero attached hydrogens (tertiary/aromatic N) is 7. The van der Waals surface area contributed by atoms with Gasteiger partial charge in [-0.25, -0.2) is 23.4 Å². The summed E-state index contributed by atoms with van der Waals surface area (Å²) >= 11 is 5.86. The molecule has 0 spiro atoms. The number of rotatable bonds is 10. The van der Waals surface area contributed by atoms with Crippen LogP contribution in [-0.2, 0) is 14.8 Å². The third-order valence-electron chi connectivity index (χ3n) is 5.41. The van der Waals surface area contributed by atoms with Crippen LogP contribution in [0.3, 0.4) is 0 Å². The Morgan fingerprint density at radius 1 is 1.11 bits per heavy atom. The van der Waals surface area contributed by atoms with Crippen molar-refractivity contribution in [3.63, 3.8) is 0 Å². The summed E-state index contributed by atoms with van der Waals surface area (Å²) in [7, 11) is -1.23. The van der Waals surface area contributed by atoms with E-state index in [1.165, 1.54) is 39.7 Å². The molecule has 4 aromatic heterocycles. The molecule has 0 aliphatic rings. The van der Waals surface area contributed by atoms with E-state index in [0.29, 0.717) is 22.4 Å². The van der Waals surface area contributed by atoms with E-state index in [0.717, 1.165) is 0 Å². The van der Waals surface area contributed by atoms with Gasteiger partial charge in [0.05, 0.1) is 24.4 Å². The third-order valence-corrected chi connectivity index (χ3v) is 7.30. The number of aromatic nitrogens is 7. The lowest BCUT2D eigenvalue weighted by molar-refractivity contribution is 0.0950. The SMILES string of the molecule is COc1cccc(-c2nnc(NS(=O)(=O)[C@@H](C)[C@H](OC)c3ncc(Cl)cn3)n2[C@@H](C)c2ccno2)n1. The Bertz CT molecular complexity index is 1410. The van der Waals surface area contributed by atoms with Gasteiger partial charge in [0.1, 0.15) is 17.0 Å². The van der Waals surface area contributed by atoms with Crippen molar-refractivity contribution < 1.29 is 22.4 Å². The minimum atomic E-state index is -4.09. The summed E-state index contributed by atoms with van der Waals surface area (Å²) in [5.41, 5.74) is 0.413. The van der Waals surface area contributed by atoms with Crippen LogP contribution in [0.25, 0.3) is 11.5 Å². The fourth-order valence-electron chi connectivity index (χ4n) is 3.48. The molecule has 3 atom stereocenters. The molecule has 190 valence electrons. The van der Waals surface area contributed by atoms with Gasteiger partial charge in [0, 0.05) is 31.6 Å². The van der Waals surface area contributed by atoms with Gasteiger partial charge in [-0.3, -0.25) is 9.29 Å². The molecule has 0 fully saturated rings. The summed E-state index contributed by atoms with van der Waals surface area (Å²) in [6, 6.07) is 6.24. The molecule has 0 bridgehead atoms. The Kier molecular flexibility index (Phi) is 7.47. The molecule has 0 saturated carbocycles. The maximum absolute atomic E-state index is 13.4. The fourth-order valence-corrected chi connectivity index (χ4v) is 4.72. The highest BCUT2D eigenvalue weighted by Crippen LogP contribution is 2.31. The van der Waals surface area contributed by atoms with E-state index in [1.807, 2.05) is 0 Å². The molecule has 4 rings (SSSR count). The van der Waals surface area contributed by atoms with Crippen molar-refractivity contribution in [1.29, 1.82) is 0 Å². The molecular formula is C21H23ClN8O5S. The van der Waals surface area contributed by atoms with Gasteiger partial charge in [0.2, 0.25) is 21.9 Å².